The average molecular weight is 462 g/mol. The number of H-pyrrole nitrogens is 1. The lowest BCUT2D eigenvalue weighted by molar-refractivity contribution is 0.0730. The third-order valence-corrected chi connectivity index (χ3v) is 6.27. The number of phenols is 1. The number of aryl methyl sites for hydroxylation is 2. The quantitative estimate of drug-likeness (QED) is 0.395. The van der Waals surface area contributed by atoms with E-state index in [1.54, 1.807) is 29.2 Å². The molecule has 2 N–H and O–H groups in total. The third-order valence-electron chi connectivity index (χ3n) is 6.02. The van der Waals surface area contributed by atoms with E-state index in [0.29, 0.717) is 27.5 Å². The summed E-state index contributed by atoms with van der Waals surface area (Å²) in [4.78, 5) is 15.2. The summed E-state index contributed by atoms with van der Waals surface area (Å²) < 4.78 is 13.4. The molecule has 5 nitrogen and oxygen atoms in total. The molecule has 1 unspecified atom stereocenters. The molecule has 0 spiro atoms. The molecule has 33 heavy (non-hydrogen) atoms. The normalized spacial score (nSPS) is 15.2. The maximum atomic E-state index is 13.5. The molecule has 0 fully saturated rings. The van der Waals surface area contributed by atoms with E-state index in [2.05, 4.69) is 10.2 Å². The molecule has 1 aliphatic heterocycles. The van der Waals surface area contributed by atoms with Crippen molar-refractivity contribution < 1.29 is 14.3 Å². The number of amides is 1. The first-order chi connectivity index (χ1) is 15.8. The summed E-state index contributed by atoms with van der Waals surface area (Å²) in [5, 5.41) is 18.7. The fraction of sp³-hybridized carbons (Fsp3) is 0.154. The van der Waals surface area contributed by atoms with Crippen LogP contribution in [0.4, 0.5) is 4.39 Å². The number of phenolic OH excluding ortho intramolecular Hbond substituents is 1. The number of carbonyl (C=O) groups is 1. The van der Waals surface area contributed by atoms with Gasteiger partial charge in [0.1, 0.15) is 23.0 Å². The molecule has 1 amide bonds. The van der Waals surface area contributed by atoms with Gasteiger partial charge in [0, 0.05) is 22.7 Å². The topological polar surface area (TPSA) is 69.2 Å². The Bertz CT molecular complexity index is 1360. The molecule has 2 heterocycles. The SMILES string of the molecule is Cc1cc(C)c(O)c(-c2n[nH]c3c2C(c2ccc(Cl)cc2)N(Cc2ccc(F)cc2)C3=O)c1. The first-order valence-electron chi connectivity index (χ1n) is 10.5. The van der Waals surface area contributed by atoms with Crippen LogP contribution in [0.15, 0.2) is 60.7 Å². The smallest absolute Gasteiger partial charge is 0.273 e. The number of benzene rings is 3. The molecule has 1 aliphatic rings. The molecule has 1 aromatic heterocycles. The number of hydrogen-bond acceptors (Lipinski definition) is 3. The van der Waals surface area contributed by atoms with Gasteiger partial charge in [-0.1, -0.05) is 41.9 Å². The van der Waals surface area contributed by atoms with Crippen molar-refractivity contribution in [3.05, 3.63) is 105 Å². The van der Waals surface area contributed by atoms with Crippen molar-refractivity contribution >= 4 is 17.5 Å². The van der Waals surface area contributed by atoms with Gasteiger partial charge in [-0.25, -0.2) is 4.39 Å². The fourth-order valence-electron chi connectivity index (χ4n) is 4.48. The molecular weight excluding hydrogens is 441 g/mol. The van der Waals surface area contributed by atoms with Crippen LogP contribution >= 0.6 is 11.6 Å². The van der Waals surface area contributed by atoms with Crippen molar-refractivity contribution in [2.45, 2.75) is 26.4 Å². The van der Waals surface area contributed by atoms with Gasteiger partial charge in [-0.2, -0.15) is 5.10 Å². The lowest BCUT2D eigenvalue weighted by Crippen LogP contribution is -2.29. The Kier molecular flexibility index (Phi) is 5.17. The zero-order valence-corrected chi connectivity index (χ0v) is 18.8. The number of carbonyl (C=O) groups excluding carboxylic acids is 1. The van der Waals surface area contributed by atoms with Gasteiger partial charge in [-0.05, 0) is 66.4 Å². The molecule has 4 aromatic rings. The van der Waals surface area contributed by atoms with Crippen LogP contribution in [-0.2, 0) is 6.54 Å². The monoisotopic (exact) mass is 461 g/mol. The Morgan fingerprint density at radius 2 is 1.79 bits per heavy atom. The molecule has 0 bridgehead atoms. The number of fused-ring (bicyclic) bond motifs is 1. The van der Waals surface area contributed by atoms with E-state index in [9.17, 15) is 14.3 Å². The third kappa shape index (κ3) is 3.66. The molecule has 1 atom stereocenters. The molecule has 0 aliphatic carbocycles. The highest BCUT2D eigenvalue weighted by Gasteiger charge is 2.42. The van der Waals surface area contributed by atoms with Gasteiger partial charge >= 0.3 is 0 Å². The van der Waals surface area contributed by atoms with E-state index < -0.39 is 6.04 Å². The molecule has 166 valence electrons. The summed E-state index contributed by atoms with van der Waals surface area (Å²) in [6, 6.07) is 16.7. The van der Waals surface area contributed by atoms with Crippen LogP contribution in [0.2, 0.25) is 5.02 Å². The summed E-state index contributed by atoms with van der Waals surface area (Å²) in [5.41, 5.74) is 5.56. The Hall–Kier alpha value is -3.64. The number of rotatable bonds is 4. The van der Waals surface area contributed by atoms with Gasteiger partial charge < -0.3 is 10.0 Å². The largest absolute Gasteiger partial charge is 0.507 e. The number of aromatic hydroxyl groups is 1. The number of nitrogens with zero attached hydrogens (tertiary/aromatic N) is 2. The minimum absolute atomic E-state index is 0.134. The lowest BCUT2D eigenvalue weighted by Gasteiger charge is -2.26. The maximum absolute atomic E-state index is 13.5. The van der Waals surface area contributed by atoms with Crippen LogP contribution in [-0.4, -0.2) is 26.1 Å². The second-order valence-electron chi connectivity index (χ2n) is 8.35. The first-order valence-corrected chi connectivity index (χ1v) is 10.9. The number of aromatic nitrogens is 2. The summed E-state index contributed by atoms with van der Waals surface area (Å²) >= 11 is 6.12. The van der Waals surface area contributed by atoms with E-state index >= 15 is 0 Å². The van der Waals surface area contributed by atoms with Crippen molar-refractivity contribution in [3.8, 4) is 17.0 Å². The van der Waals surface area contributed by atoms with Gasteiger partial charge in [0.2, 0.25) is 0 Å². The molecule has 5 rings (SSSR count). The van der Waals surface area contributed by atoms with E-state index in [-0.39, 0.29) is 24.0 Å². The molecule has 0 saturated carbocycles. The molecule has 3 aromatic carbocycles. The Balaban J connectivity index is 1.67. The van der Waals surface area contributed by atoms with Crippen LogP contribution < -0.4 is 0 Å². The highest BCUT2D eigenvalue weighted by Crippen LogP contribution is 2.45. The maximum Gasteiger partial charge on any atom is 0.273 e. The number of hydrogen-bond donors (Lipinski definition) is 2. The zero-order valence-electron chi connectivity index (χ0n) is 18.1. The standard InChI is InChI=1S/C26H21ClFN3O2/c1-14-11-15(2)25(32)20(12-14)22-21-23(30-29-22)26(33)31(13-16-3-9-19(28)10-4-16)24(21)17-5-7-18(27)8-6-17/h3-12,24,32H,13H2,1-2H3,(H,29,30). The van der Waals surface area contributed by atoms with Gasteiger partial charge in [0.15, 0.2) is 0 Å². The van der Waals surface area contributed by atoms with Crippen molar-refractivity contribution in [2.75, 3.05) is 0 Å². The second kappa shape index (κ2) is 8.05. The summed E-state index contributed by atoms with van der Waals surface area (Å²) in [6.45, 7) is 4.07. The van der Waals surface area contributed by atoms with E-state index in [0.717, 1.165) is 22.3 Å². The van der Waals surface area contributed by atoms with E-state index in [1.165, 1.54) is 12.1 Å². The molecule has 0 radical (unpaired) electrons. The predicted octanol–water partition coefficient (Wildman–Crippen LogP) is 5.94. The van der Waals surface area contributed by atoms with Crippen LogP contribution in [0, 0.1) is 19.7 Å². The van der Waals surface area contributed by atoms with E-state index in [4.69, 9.17) is 11.6 Å². The Morgan fingerprint density at radius 3 is 2.48 bits per heavy atom. The zero-order chi connectivity index (χ0) is 23.3. The highest BCUT2D eigenvalue weighted by molar-refractivity contribution is 6.30. The summed E-state index contributed by atoms with van der Waals surface area (Å²) in [6.07, 6.45) is 0. The van der Waals surface area contributed by atoms with Crippen molar-refractivity contribution in [2.24, 2.45) is 0 Å². The number of nitrogens with one attached hydrogen (secondary N) is 1. The van der Waals surface area contributed by atoms with Gasteiger partial charge in [0.25, 0.3) is 5.91 Å². The van der Waals surface area contributed by atoms with Crippen molar-refractivity contribution in [3.63, 3.8) is 0 Å². The molecule has 7 heteroatoms. The average Bonchev–Trinajstić information content (AvgIpc) is 3.32. The minimum Gasteiger partial charge on any atom is -0.507 e. The second-order valence-corrected chi connectivity index (χ2v) is 8.79. The van der Waals surface area contributed by atoms with Gasteiger partial charge in [-0.3, -0.25) is 9.89 Å². The first kappa shape index (κ1) is 21.2. The Morgan fingerprint density at radius 1 is 1.09 bits per heavy atom. The highest BCUT2D eigenvalue weighted by atomic mass is 35.5. The van der Waals surface area contributed by atoms with Crippen LogP contribution in [0.25, 0.3) is 11.3 Å². The van der Waals surface area contributed by atoms with Crippen molar-refractivity contribution in [1.29, 1.82) is 0 Å². The number of halogens is 2. The number of aromatic amines is 1. The van der Waals surface area contributed by atoms with Gasteiger partial charge in [-0.15, -0.1) is 0 Å². The molecular formula is C26H21ClFN3O2. The predicted molar refractivity (Wildman–Crippen MR) is 125 cm³/mol. The summed E-state index contributed by atoms with van der Waals surface area (Å²) in [5.74, 6) is -0.408. The minimum atomic E-state index is -0.455. The van der Waals surface area contributed by atoms with Crippen LogP contribution in [0.3, 0.4) is 0 Å². The van der Waals surface area contributed by atoms with E-state index in [1.807, 2.05) is 38.1 Å². The lowest BCUT2D eigenvalue weighted by atomic mass is 9.94. The molecule has 0 saturated heterocycles. The van der Waals surface area contributed by atoms with Crippen molar-refractivity contribution in [1.82, 2.24) is 15.1 Å². The van der Waals surface area contributed by atoms with Crippen LogP contribution in [0.5, 0.6) is 5.75 Å². The van der Waals surface area contributed by atoms with Crippen LogP contribution in [0.1, 0.15) is 44.3 Å². The fourth-order valence-corrected chi connectivity index (χ4v) is 4.61. The van der Waals surface area contributed by atoms with Gasteiger partial charge in [0.05, 0.1) is 6.04 Å². The summed E-state index contributed by atoms with van der Waals surface area (Å²) in [7, 11) is 0. The Labute approximate surface area is 195 Å².